The van der Waals surface area contributed by atoms with Crippen LogP contribution in [0.4, 0.5) is 0 Å². The highest BCUT2D eigenvalue weighted by molar-refractivity contribution is 5.85. The molecule has 4 rings (SSSR count). The van der Waals surface area contributed by atoms with Gasteiger partial charge >= 0.3 is 0 Å². The number of aromatic nitrogens is 1. The van der Waals surface area contributed by atoms with Gasteiger partial charge in [-0.25, -0.2) is 0 Å². The van der Waals surface area contributed by atoms with E-state index in [0.717, 1.165) is 25.0 Å². The van der Waals surface area contributed by atoms with Crippen LogP contribution in [-0.4, -0.2) is 23.0 Å². The summed E-state index contributed by atoms with van der Waals surface area (Å²) >= 11 is 0. The molecule has 4 nitrogen and oxygen atoms in total. The van der Waals surface area contributed by atoms with Gasteiger partial charge in [0.2, 0.25) is 0 Å². The first kappa shape index (κ1) is 18.6. The number of aryl methyl sites for hydroxylation is 1. The Balaban J connectivity index is 1.37. The summed E-state index contributed by atoms with van der Waals surface area (Å²) in [6, 6.07) is 16.6. The van der Waals surface area contributed by atoms with E-state index in [0.29, 0.717) is 5.92 Å². The molecule has 0 spiro atoms. The van der Waals surface area contributed by atoms with E-state index in [1.807, 2.05) is 19.1 Å². The number of hydrogen-bond acceptors (Lipinski definition) is 2. The second-order valence-corrected chi connectivity index (χ2v) is 8.06. The van der Waals surface area contributed by atoms with E-state index >= 15 is 0 Å². The van der Waals surface area contributed by atoms with E-state index in [1.54, 1.807) is 0 Å². The smallest absolute Gasteiger partial charge is 0.261 e. The SMILES string of the molecule is CC(Oc1ccc(C(C)C)cc1)C(=O)NC1CCc2c([nH]c3ccccc23)C1. The summed E-state index contributed by atoms with van der Waals surface area (Å²) in [6.07, 6.45) is 2.26. The van der Waals surface area contributed by atoms with Gasteiger partial charge in [-0.15, -0.1) is 0 Å². The minimum atomic E-state index is -0.519. The standard InChI is InChI=1S/C24H28N2O2/c1-15(2)17-8-11-19(12-9-17)28-16(3)24(27)25-18-10-13-21-20-6-4-5-7-22(20)26-23(21)14-18/h4-9,11-12,15-16,18,26H,10,13-14H2,1-3H3,(H,25,27). The third-order valence-electron chi connectivity index (χ3n) is 5.67. The minimum Gasteiger partial charge on any atom is -0.481 e. The van der Waals surface area contributed by atoms with Gasteiger partial charge in [0.15, 0.2) is 6.10 Å². The predicted octanol–water partition coefficient (Wildman–Crippen LogP) is 4.73. The molecule has 1 aliphatic rings. The number of H-pyrrole nitrogens is 1. The van der Waals surface area contributed by atoms with Crippen LogP contribution in [-0.2, 0) is 17.6 Å². The van der Waals surface area contributed by atoms with Gasteiger partial charge in [0.05, 0.1) is 0 Å². The van der Waals surface area contributed by atoms with Gasteiger partial charge in [-0.3, -0.25) is 4.79 Å². The number of amides is 1. The number of fused-ring (bicyclic) bond motifs is 3. The van der Waals surface area contributed by atoms with Gasteiger partial charge in [-0.2, -0.15) is 0 Å². The molecule has 0 saturated carbocycles. The van der Waals surface area contributed by atoms with E-state index in [9.17, 15) is 4.79 Å². The highest BCUT2D eigenvalue weighted by Gasteiger charge is 2.25. The summed E-state index contributed by atoms with van der Waals surface area (Å²) in [5.41, 5.74) is 5.09. The first-order valence-corrected chi connectivity index (χ1v) is 10.2. The van der Waals surface area contributed by atoms with Crippen LogP contribution in [0.2, 0.25) is 0 Å². The highest BCUT2D eigenvalue weighted by Crippen LogP contribution is 2.29. The molecule has 0 radical (unpaired) electrons. The molecule has 146 valence electrons. The fourth-order valence-corrected chi connectivity index (χ4v) is 4.01. The molecule has 0 saturated heterocycles. The molecular weight excluding hydrogens is 348 g/mol. The molecule has 1 heterocycles. The highest BCUT2D eigenvalue weighted by atomic mass is 16.5. The topological polar surface area (TPSA) is 54.1 Å². The van der Waals surface area contributed by atoms with Crippen molar-refractivity contribution in [3.05, 3.63) is 65.4 Å². The number of rotatable bonds is 5. The zero-order valence-electron chi connectivity index (χ0n) is 16.8. The van der Waals surface area contributed by atoms with E-state index in [4.69, 9.17) is 4.74 Å². The molecule has 2 atom stereocenters. The molecule has 0 fully saturated rings. The van der Waals surface area contributed by atoms with Gasteiger partial charge in [0, 0.05) is 29.1 Å². The first-order valence-electron chi connectivity index (χ1n) is 10.2. The van der Waals surface area contributed by atoms with Crippen LogP contribution in [0, 0.1) is 0 Å². The zero-order chi connectivity index (χ0) is 19.7. The third-order valence-corrected chi connectivity index (χ3v) is 5.67. The van der Waals surface area contributed by atoms with Crippen molar-refractivity contribution in [3.8, 4) is 5.75 Å². The Kier molecular flexibility index (Phi) is 5.12. The maximum Gasteiger partial charge on any atom is 0.261 e. The molecule has 3 aromatic rings. The van der Waals surface area contributed by atoms with Crippen molar-refractivity contribution < 1.29 is 9.53 Å². The van der Waals surface area contributed by atoms with Crippen molar-refractivity contribution in [2.75, 3.05) is 0 Å². The number of para-hydroxylation sites is 1. The van der Waals surface area contributed by atoms with Crippen LogP contribution in [0.5, 0.6) is 5.75 Å². The monoisotopic (exact) mass is 376 g/mol. The van der Waals surface area contributed by atoms with Crippen LogP contribution >= 0.6 is 0 Å². The molecule has 4 heteroatoms. The Hall–Kier alpha value is -2.75. The fourth-order valence-electron chi connectivity index (χ4n) is 4.01. The molecule has 28 heavy (non-hydrogen) atoms. The van der Waals surface area contributed by atoms with Crippen molar-refractivity contribution in [1.29, 1.82) is 0 Å². The van der Waals surface area contributed by atoms with Crippen molar-refractivity contribution in [2.45, 2.75) is 58.1 Å². The number of hydrogen-bond donors (Lipinski definition) is 2. The summed E-state index contributed by atoms with van der Waals surface area (Å²) in [5.74, 6) is 1.15. The molecular formula is C24H28N2O2. The number of ether oxygens (including phenoxy) is 1. The molecule has 1 amide bonds. The summed E-state index contributed by atoms with van der Waals surface area (Å²) < 4.78 is 5.85. The number of nitrogens with one attached hydrogen (secondary N) is 2. The lowest BCUT2D eigenvalue weighted by molar-refractivity contribution is -0.128. The summed E-state index contributed by atoms with van der Waals surface area (Å²) in [6.45, 7) is 6.13. The lowest BCUT2D eigenvalue weighted by Gasteiger charge is -2.25. The number of carbonyl (C=O) groups excluding carboxylic acids is 1. The molecule has 0 bridgehead atoms. The van der Waals surface area contributed by atoms with Crippen LogP contribution < -0.4 is 10.1 Å². The quantitative estimate of drug-likeness (QED) is 0.676. The first-order chi connectivity index (χ1) is 13.5. The average molecular weight is 377 g/mol. The van der Waals surface area contributed by atoms with Gasteiger partial charge in [0.25, 0.3) is 5.91 Å². The average Bonchev–Trinajstić information content (AvgIpc) is 3.06. The van der Waals surface area contributed by atoms with Crippen molar-refractivity contribution in [3.63, 3.8) is 0 Å². The van der Waals surface area contributed by atoms with Gasteiger partial charge in [-0.1, -0.05) is 44.2 Å². The summed E-state index contributed by atoms with van der Waals surface area (Å²) in [7, 11) is 0. The maximum atomic E-state index is 12.6. The predicted molar refractivity (Wildman–Crippen MR) is 113 cm³/mol. The zero-order valence-corrected chi connectivity index (χ0v) is 16.8. The van der Waals surface area contributed by atoms with E-state index in [-0.39, 0.29) is 11.9 Å². The van der Waals surface area contributed by atoms with Crippen LogP contribution in [0.3, 0.4) is 0 Å². The van der Waals surface area contributed by atoms with Crippen LogP contribution in [0.15, 0.2) is 48.5 Å². The Morgan fingerprint density at radius 1 is 1.11 bits per heavy atom. The molecule has 0 aliphatic heterocycles. The largest absolute Gasteiger partial charge is 0.481 e. The van der Waals surface area contributed by atoms with E-state index in [2.05, 4.69) is 60.5 Å². The van der Waals surface area contributed by atoms with Gasteiger partial charge < -0.3 is 15.0 Å². The van der Waals surface area contributed by atoms with Gasteiger partial charge in [-0.05, 0) is 55.0 Å². The second-order valence-electron chi connectivity index (χ2n) is 8.06. The minimum absolute atomic E-state index is 0.0579. The fraction of sp³-hybridized carbons (Fsp3) is 0.375. The van der Waals surface area contributed by atoms with Crippen LogP contribution in [0.25, 0.3) is 10.9 Å². The number of aromatic amines is 1. The maximum absolute atomic E-state index is 12.6. The lowest BCUT2D eigenvalue weighted by atomic mass is 9.91. The Morgan fingerprint density at radius 2 is 1.86 bits per heavy atom. The van der Waals surface area contributed by atoms with Crippen molar-refractivity contribution in [2.24, 2.45) is 0 Å². The normalized spacial score (nSPS) is 17.4. The molecule has 1 aromatic heterocycles. The van der Waals surface area contributed by atoms with E-state index in [1.165, 1.54) is 27.7 Å². The van der Waals surface area contributed by atoms with Gasteiger partial charge in [0.1, 0.15) is 5.75 Å². The summed E-state index contributed by atoms with van der Waals surface area (Å²) in [4.78, 5) is 16.1. The number of benzene rings is 2. The number of carbonyl (C=O) groups is 1. The molecule has 2 unspecified atom stereocenters. The van der Waals surface area contributed by atoms with Crippen molar-refractivity contribution in [1.82, 2.24) is 10.3 Å². The second kappa shape index (κ2) is 7.70. The Bertz CT molecular complexity index is 972. The van der Waals surface area contributed by atoms with E-state index < -0.39 is 6.10 Å². The molecule has 2 aromatic carbocycles. The Labute approximate surface area is 166 Å². The Morgan fingerprint density at radius 3 is 2.61 bits per heavy atom. The van der Waals surface area contributed by atoms with Crippen molar-refractivity contribution >= 4 is 16.8 Å². The molecule has 1 aliphatic carbocycles. The van der Waals surface area contributed by atoms with Crippen LogP contribution in [0.1, 0.15) is 49.9 Å². The lowest BCUT2D eigenvalue weighted by Crippen LogP contribution is -2.44. The molecule has 2 N–H and O–H groups in total. The third kappa shape index (κ3) is 3.77. The summed E-state index contributed by atoms with van der Waals surface area (Å²) in [5, 5.41) is 4.48.